The van der Waals surface area contributed by atoms with Gasteiger partial charge in [-0.05, 0) is 33.7 Å². The van der Waals surface area contributed by atoms with E-state index in [1.165, 1.54) is 19.3 Å². The van der Waals surface area contributed by atoms with Gasteiger partial charge in [0.15, 0.2) is 0 Å². The molecule has 80 valence electrons. The first-order chi connectivity index (χ1) is 5.99. The van der Waals surface area contributed by atoms with Crippen molar-refractivity contribution in [3.8, 4) is 0 Å². The first-order valence-corrected chi connectivity index (χ1v) is 5.42. The van der Waals surface area contributed by atoms with Gasteiger partial charge in [0.1, 0.15) is 0 Å². The predicted octanol–water partition coefficient (Wildman–Crippen LogP) is 2.23. The summed E-state index contributed by atoms with van der Waals surface area (Å²) in [6, 6.07) is 0.542. The SMILES string of the molecule is CCCC(CN)N(C)C(C)(C)CC. The first kappa shape index (κ1) is 12.9. The van der Waals surface area contributed by atoms with E-state index in [1.54, 1.807) is 0 Å². The van der Waals surface area contributed by atoms with Crippen LogP contribution in [0.2, 0.25) is 0 Å². The highest BCUT2D eigenvalue weighted by atomic mass is 15.2. The number of likely N-dealkylation sites (N-methyl/N-ethyl adjacent to an activating group) is 1. The number of hydrogen-bond acceptors (Lipinski definition) is 2. The van der Waals surface area contributed by atoms with Crippen LogP contribution in [-0.4, -0.2) is 30.1 Å². The minimum Gasteiger partial charge on any atom is -0.329 e. The average Bonchev–Trinajstić information content (AvgIpc) is 2.13. The zero-order valence-corrected chi connectivity index (χ0v) is 9.93. The molecule has 0 heterocycles. The largest absolute Gasteiger partial charge is 0.329 e. The van der Waals surface area contributed by atoms with Crippen molar-refractivity contribution in [3.05, 3.63) is 0 Å². The van der Waals surface area contributed by atoms with Gasteiger partial charge in [-0.2, -0.15) is 0 Å². The fraction of sp³-hybridized carbons (Fsp3) is 1.00. The third-order valence-corrected chi connectivity index (χ3v) is 3.26. The second-order valence-corrected chi connectivity index (χ2v) is 4.46. The maximum absolute atomic E-state index is 5.77. The zero-order chi connectivity index (χ0) is 10.5. The molecule has 0 fully saturated rings. The summed E-state index contributed by atoms with van der Waals surface area (Å²) in [5.41, 5.74) is 6.05. The molecule has 13 heavy (non-hydrogen) atoms. The summed E-state index contributed by atoms with van der Waals surface area (Å²) in [6.07, 6.45) is 3.59. The summed E-state index contributed by atoms with van der Waals surface area (Å²) in [6.45, 7) is 9.79. The quantitative estimate of drug-likeness (QED) is 0.689. The molecular formula is C11H26N2. The molecular weight excluding hydrogens is 160 g/mol. The van der Waals surface area contributed by atoms with E-state index in [2.05, 4.69) is 39.6 Å². The Morgan fingerprint density at radius 2 is 1.85 bits per heavy atom. The lowest BCUT2D eigenvalue weighted by Gasteiger charge is -2.40. The Balaban J connectivity index is 4.26. The second-order valence-electron chi connectivity index (χ2n) is 4.46. The van der Waals surface area contributed by atoms with Gasteiger partial charge in [0.05, 0.1) is 0 Å². The van der Waals surface area contributed by atoms with E-state index < -0.39 is 0 Å². The normalized spacial score (nSPS) is 15.0. The summed E-state index contributed by atoms with van der Waals surface area (Å²) in [7, 11) is 2.19. The van der Waals surface area contributed by atoms with Crippen molar-refractivity contribution in [1.29, 1.82) is 0 Å². The smallest absolute Gasteiger partial charge is 0.0220 e. The molecule has 0 aliphatic carbocycles. The molecule has 0 aliphatic rings. The molecule has 2 N–H and O–H groups in total. The molecule has 0 rings (SSSR count). The lowest BCUT2D eigenvalue weighted by Crippen LogP contribution is -2.49. The predicted molar refractivity (Wildman–Crippen MR) is 59.9 cm³/mol. The number of rotatable bonds is 6. The molecule has 1 unspecified atom stereocenters. The molecule has 0 spiro atoms. The Kier molecular flexibility index (Phi) is 5.57. The first-order valence-electron chi connectivity index (χ1n) is 5.42. The lowest BCUT2D eigenvalue weighted by molar-refractivity contribution is 0.0952. The summed E-state index contributed by atoms with van der Waals surface area (Å²) in [4.78, 5) is 2.43. The molecule has 2 nitrogen and oxygen atoms in total. The van der Waals surface area contributed by atoms with Gasteiger partial charge in [-0.25, -0.2) is 0 Å². The van der Waals surface area contributed by atoms with Gasteiger partial charge in [-0.3, -0.25) is 4.90 Å². The molecule has 0 aromatic rings. The van der Waals surface area contributed by atoms with Crippen LogP contribution in [0.15, 0.2) is 0 Å². The third-order valence-electron chi connectivity index (χ3n) is 3.26. The molecule has 0 saturated carbocycles. The summed E-state index contributed by atoms with van der Waals surface area (Å²) < 4.78 is 0. The van der Waals surface area contributed by atoms with Crippen LogP contribution in [-0.2, 0) is 0 Å². The summed E-state index contributed by atoms with van der Waals surface area (Å²) >= 11 is 0. The average molecular weight is 186 g/mol. The summed E-state index contributed by atoms with van der Waals surface area (Å²) in [5, 5.41) is 0. The Hall–Kier alpha value is -0.0800. The standard InChI is InChI=1S/C11H26N2/c1-6-8-10(9-12)13(5)11(3,4)7-2/h10H,6-9,12H2,1-5H3. The molecule has 0 bridgehead atoms. The highest BCUT2D eigenvalue weighted by Gasteiger charge is 2.26. The Bertz CT molecular complexity index is 132. The van der Waals surface area contributed by atoms with E-state index in [0.717, 1.165) is 6.54 Å². The van der Waals surface area contributed by atoms with E-state index >= 15 is 0 Å². The van der Waals surface area contributed by atoms with Crippen molar-refractivity contribution in [2.75, 3.05) is 13.6 Å². The van der Waals surface area contributed by atoms with Crippen LogP contribution < -0.4 is 5.73 Å². The Labute approximate surface area is 83.5 Å². The van der Waals surface area contributed by atoms with Gasteiger partial charge in [0.2, 0.25) is 0 Å². The van der Waals surface area contributed by atoms with Crippen LogP contribution >= 0.6 is 0 Å². The maximum atomic E-state index is 5.77. The minimum absolute atomic E-state index is 0.277. The van der Waals surface area contributed by atoms with Crippen LogP contribution in [0.3, 0.4) is 0 Å². The van der Waals surface area contributed by atoms with Crippen LogP contribution in [0.5, 0.6) is 0 Å². The van der Waals surface area contributed by atoms with E-state index in [4.69, 9.17) is 5.73 Å². The van der Waals surface area contributed by atoms with Gasteiger partial charge >= 0.3 is 0 Å². The van der Waals surface area contributed by atoms with Crippen LogP contribution in [0.1, 0.15) is 47.0 Å². The lowest BCUT2D eigenvalue weighted by atomic mass is 9.96. The van der Waals surface area contributed by atoms with Gasteiger partial charge in [0, 0.05) is 18.1 Å². The second kappa shape index (κ2) is 5.61. The number of nitrogens with two attached hydrogens (primary N) is 1. The van der Waals surface area contributed by atoms with Crippen molar-refractivity contribution in [2.24, 2.45) is 5.73 Å². The molecule has 0 aromatic heterocycles. The zero-order valence-electron chi connectivity index (χ0n) is 9.93. The van der Waals surface area contributed by atoms with Crippen molar-refractivity contribution >= 4 is 0 Å². The molecule has 0 amide bonds. The molecule has 0 saturated heterocycles. The van der Waals surface area contributed by atoms with Crippen LogP contribution in [0, 0.1) is 0 Å². The molecule has 2 heteroatoms. The van der Waals surface area contributed by atoms with Gasteiger partial charge in [-0.1, -0.05) is 20.3 Å². The van der Waals surface area contributed by atoms with Crippen LogP contribution in [0.25, 0.3) is 0 Å². The summed E-state index contributed by atoms with van der Waals surface area (Å²) in [5.74, 6) is 0. The molecule has 0 aliphatic heterocycles. The maximum Gasteiger partial charge on any atom is 0.0220 e. The van der Waals surface area contributed by atoms with E-state index in [1.807, 2.05) is 0 Å². The Morgan fingerprint density at radius 1 is 1.31 bits per heavy atom. The molecule has 1 atom stereocenters. The molecule has 0 radical (unpaired) electrons. The highest BCUT2D eigenvalue weighted by molar-refractivity contribution is 4.83. The van der Waals surface area contributed by atoms with Crippen LogP contribution in [0.4, 0.5) is 0 Å². The molecule has 0 aromatic carbocycles. The van der Waals surface area contributed by atoms with Gasteiger partial charge < -0.3 is 5.73 Å². The van der Waals surface area contributed by atoms with Gasteiger partial charge in [0.25, 0.3) is 0 Å². The van der Waals surface area contributed by atoms with E-state index in [9.17, 15) is 0 Å². The highest BCUT2D eigenvalue weighted by Crippen LogP contribution is 2.20. The van der Waals surface area contributed by atoms with Crippen molar-refractivity contribution in [3.63, 3.8) is 0 Å². The monoisotopic (exact) mass is 186 g/mol. The number of hydrogen-bond donors (Lipinski definition) is 1. The Morgan fingerprint density at radius 3 is 2.15 bits per heavy atom. The fourth-order valence-electron chi connectivity index (χ4n) is 1.55. The van der Waals surface area contributed by atoms with Gasteiger partial charge in [-0.15, -0.1) is 0 Å². The van der Waals surface area contributed by atoms with Crippen molar-refractivity contribution in [1.82, 2.24) is 4.90 Å². The fourth-order valence-corrected chi connectivity index (χ4v) is 1.55. The third kappa shape index (κ3) is 3.65. The van der Waals surface area contributed by atoms with Crippen molar-refractivity contribution in [2.45, 2.75) is 58.5 Å². The van der Waals surface area contributed by atoms with E-state index in [-0.39, 0.29) is 5.54 Å². The van der Waals surface area contributed by atoms with E-state index in [0.29, 0.717) is 6.04 Å². The minimum atomic E-state index is 0.277. The number of nitrogens with zero attached hydrogens (tertiary/aromatic N) is 1. The topological polar surface area (TPSA) is 29.3 Å². The van der Waals surface area contributed by atoms with Crippen molar-refractivity contribution < 1.29 is 0 Å².